The van der Waals surface area contributed by atoms with Gasteiger partial charge in [0.25, 0.3) is 10.6 Å². The van der Waals surface area contributed by atoms with Crippen molar-refractivity contribution < 1.29 is 26.5 Å². The Hall–Kier alpha value is -2.85. The van der Waals surface area contributed by atoms with E-state index in [1.165, 1.54) is 28.9 Å². The summed E-state index contributed by atoms with van der Waals surface area (Å²) in [6.45, 7) is 5.27. The zero-order valence-corrected chi connectivity index (χ0v) is 24.8. The number of aryl methyl sites for hydroxylation is 1. The number of hydrogen-bond acceptors (Lipinski definition) is 7. The maximum absolute atomic E-state index is 13.5. The SMILES string of the molecule is CCc1ccc2c(c1)S/C(=c1/s/c(=C\c3scc[n+]3Cc3ccccc3C(=O)OC)n(CC)c1=O)N2C.[Cl-]. The number of ether oxygens (including phenoxy) is 1. The Labute approximate surface area is 239 Å². The number of aromatic nitrogens is 2. The van der Waals surface area contributed by atoms with E-state index in [4.69, 9.17) is 4.74 Å². The Bertz CT molecular complexity index is 1670. The van der Waals surface area contributed by atoms with Crippen LogP contribution in [-0.4, -0.2) is 24.7 Å². The van der Waals surface area contributed by atoms with E-state index in [0.29, 0.717) is 18.7 Å². The summed E-state index contributed by atoms with van der Waals surface area (Å²) in [5.74, 6) is -0.345. The third-order valence-electron chi connectivity index (χ3n) is 6.45. The van der Waals surface area contributed by atoms with Gasteiger partial charge in [0.2, 0.25) is 0 Å². The summed E-state index contributed by atoms with van der Waals surface area (Å²) in [5.41, 5.74) is 3.91. The van der Waals surface area contributed by atoms with Crippen LogP contribution in [-0.2, 0) is 24.2 Å². The second-order valence-electron chi connectivity index (χ2n) is 8.60. The molecule has 0 aliphatic carbocycles. The van der Waals surface area contributed by atoms with Gasteiger partial charge in [-0.25, -0.2) is 4.79 Å². The lowest BCUT2D eigenvalue weighted by molar-refractivity contribution is -0.685. The smallest absolute Gasteiger partial charge is 0.338 e. The molecule has 0 amide bonds. The van der Waals surface area contributed by atoms with Crippen molar-refractivity contribution in [2.24, 2.45) is 0 Å². The van der Waals surface area contributed by atoms with Crippen LogP contribution in [0, 0.1) is 0 Å². The van der Waals surface area contributed by atoms with Crippen molar-refractivity contribution in [3.63, 3.8) is 0 Å². The van der Waals surface area contributed by atoms with Gasteiger partial charge in [0.05, 0.1) is 29.8 Å². The van der Waals surface area contributed by atoms with Crippen LogP contribution in [0.15, 0.2) is 63.7 Å². The summed E-state index contributed by atoms with van der Waals surface area (Å²) in [6, 6.07) is 14.0. The number of methoxy groups -OCH3 is 1. The molecule has 1 aliphatic rings. The summed E-state index contributed by atoms with van der Waals surface area (Å²) in [4.78, 5) is 29.1. The highest BCUT2D eigenvalue weighted by Gasteiger charge is 2.25. The molecule has 0 atom stereocenters. The largest absolute Gasteiger partial charge is 1.00 e. The van der Waals surface area contributed by atoms with E-state index in [2.05, 4.69) is 40.7 Å². The van der Waals surface area contributed by atoms with Crippen LogP contribution in [0.1, 0.15) is 40.3 Å². The van der Waals surface area contributed by atoms with Gasteiger partial charge in [-0.1, -0.05) is 54.3 Å². The number of thioether (sulfide) groups is 1. The van der Waals surface area contributed by atoms with Crippen molar-refractivity contribution in [2.75, 3.05) is 19.1 Å². The molecule has 1 aliphatic heterocycles. The van der Waals surface area contributed by atoms with E-state index in [1.807, 2.05) is 48.3 Å². The summed E-state index contributed by atoms with van der Waals surface area (Å²) in [7, 11) is 3.43. The van der Waals surface area contributed by atoms with Crippen LogP contribution in [0.4, 0.5) is 5.69 Å². The molecule has 4 aromatic rings. The third-order valence-corrected chi connectivity index (χ3v) is 9.77. The number of anilines is 1. The zero-order valence-electron chi connectivity index (χ0n) is 21.6. The van der Waals surface area contributed by atoms with Gasteiger partial charge < -0.3 is 22.0 Å². The number of benzene rings is 2. The number of carbonyl (C=O) groups is 1. The third kappa shape index (κ3) is 5.20. The highest BCUT2D eigenvalue weighted by atomic mass is 35.5. The minimum Gasteiger partial charge on any atom is -1.00 e. The first-order valence-corrected chi connectivity index (χ1v) is 14.6. The van der Waals surface area contributed by atoms with Gasteiger partial charge >= 0.3 is 5.97 Å². The number of halogens is 1. The lowest BCUT2D eigenvalue weighted by Crippen LogP contribution is -3.00. The van der Waals surface area contributed by atoms with Crippen LogP contribution in [0.2, 0.25) is 0 Å². The molecule has 0 bridgehead atoms. The van der Waals surface area contributed by atoms with Gasteiger partial charge in [-0.2, -0.15) is 4.57 Å². The van der Waals surface area contributed by atoms with Gasteiger partial charge in [-0.15, -0.1) is 11.3 Å². The highest BCUT2D eigenvalue weighted by molar-refractivity contribution is 8.08. The fourth-order valence-corrected chi connectivity index (χ4v) is 7.78. The average molecular weight is 586 g/mol. The molecule has 2 aromatic heterocycles. The topological polar surface area (TPSA) is 55.4 Å². The van der Waals surface area contributed by atoms with Crippen molar-refractivity contribution in [1.82, 2.24) is 4.57 Å². The average Bonchev–Trinajstić information content (AvgIpc) is 3.59. The second-order valence-corrected chi connectivity index (χ2v) is 11.6. The Kier molecular flexibility index (Phi) is 8.82. The van der Waals surface area contributed by atoms with E-state index in [0.717, 1.165) is 36.9 Å². The normalized spacial score (nSPS) is 14.4. The first-order chi connectivity index (χ1) is 17.9. The molecule has 0 saturated carbocycles. The fourth-order valence-electron chi connectivity index (χ4n) is 4.40. The minimum absolute atomic E-state index is 0. The fraction of sp³-hybridized carbons (Fsp3) is 0.250. The molecule has 6 nitrogen and oxygen atoms in total. The number of thiazole rings is 2. The van der Waals surface area contributed by atoms with Crippen molar-refractivity contribution in [1.29, 1.82) is 0 Å². The molecule has 198 valence electrons. The molecular formula is C28H28ClN3O3S3. The van der Waals surface area contributed by atoms with E-state index in [1.54, 1.807) is 29.2 Å². The minimum atomic E-state index is -0.345. The highest BCUT2D eigenvalue weighted by Crippen LogP contribution is 2.45. The number of hydrogen-bond donors (Lipinski definition) is 0. The molecule has 10 heteroatoms. The first kappa shape index (κ1) is 28.2. The maximum atomic E-state index is 13.5. The van der Waals surface area contributed by atoms with Crippen molar-refractivity contribution in [3.05, 3.63) is 95.3 Å². The number of carbonyl (C=O) groups excluding carboxylic acids is 1. The summed E-state index contributed by atoms with van der Waals surface area (Å²) in [6.07, 6.45) is 5.07. The lowest BCUT2D eigenvalue weighted by atomic mass is 10.1. The van der Waals surface area contributed by atoms with Gasteiger partial charge in [0.15, 0.2) is 12.7 Å². The molecule has 0 spiro atoms. The quantitative estimate of drug-likeness (QED) is 0.248. The van der Waals surface area contributed by atoms with Crippen molar-refractivity contribution >= 4 is 57.2 Å². The van der Waals surface area contributed by atoms with E-state index >= 15 is 0 Å². The molecule has 38 heavy (non-hydrogen) atoms. The summed E-state index contributed by atoms with van der Waals surface area (Å²) in [5, 5.41) is 4.00. The Morgan fingerprint density at radius 1 is 1.16 bits per heavy atom. The number of fused-ring (bicyclic) bond motifs is 1. The maximum Gasteiger partial charge on any atom is 0.338 e. The number of esters is 1. The van der Waals surface area contributed by atoms with Gasteiger partial charge in [0.1, 0.15) is 14.2 Å². The molecule has 0 fully saturated rings. The summed E-state index contributed by atoms with van der Waals surface area (Å²) < 4.78 is 10.6. The molecule has 2 aromatic carbocycles. The van der Waals surface area contributed by atoms with Gasteiger partial charge in [-0.05, 0) is 37.1 Å². The molecule has 0 N–H and O–H groups in total. The standard InChI is InChI=1S/C28H28N3O3S3.ClH/c1-5-18-11-12-21-22(15-18)36-27(29(21)3)25-26(32)31(6-2)24(37-25)16-23-30(13-14-35-23)17-19-9-7-8-10-20(19)28(33)34-4;/h7-16H,5-6,17H2,1-4H3;1H/q+1;/p-1/b27-25+;. The zero-order chi connectivity index (χ0) is 26.1. The summed E-state index contributed by atoms with van der Waals surface area (Å²) >= 11 is 4.81. The monoisotopic (exact) mass is 585 g/mol. The van der Waals surface area contributed by atoms with Crippen molar-refractivity contribution in [3.8, 4) is 0 Å². The molecule has 0 radical (unpaired) electrons. The van der Waals surface area contributed by atoms with Gasteiger partial charge in [-0.3, -0.25) is 9.36 Å². The van der Waals surface area contributed by atoms with E-state index < -0.39 is 0 Å². The Morgan fingerprint density at radius 3 is 2.68 bits per heavy atom. The molecule has 0 unspecified atom stereocenters. The first-order valence-electron chi connectivity index (χ1n) is 12.1. The van der Waals surface area contributed by atoms with Crippen LogP contribution >= 0.6 is 34.4 Å². The number of nitrogens with zero attached hydrogens (tertiary/aromatic N) is 3. The predicted octanol–water partition coefficient (Wildman–Crippen LogP) is 0.817. The predicted molar refractivity (Wildman–Crippen MR) is 152 cm³/mol. The van der Waals surface area contributed by atoms with Crippen LogP contribution in [0.3, 0.4) is 0 Å². The Morgan fingerprint density at radius 2 is 1.95 bits per heavy atom. The Balaban J connectivity index is 0.00000336. The number of rotatable bonds is 6. The van der Waals surface area contributed by atoms with Crippen LogP contribution < -0.4 is 36.6 Å². The van der Waals surface area contributed by atoms with E-state index in [-0.39, 0.29) is 23.9 Å². The second kappa shape index (κ2) is 11.9. The molecular weight excluding hydrogens is 558 g/mol. The molecule has 3 heterocycles. The lowest BCUT2D eigenvalue weighted by Gasteiger charge is -2.12. The van der Waals surface area contributed by atoms with Gasteiger partial charge in [0, 0.05) is 24.1 Å². The van der Waals surface area contributed by atoms with Crippen LogP contribution in [0.5, 0.6) is 0 Å². The van der Waals surface area contributed by atoms with E-state index in [9.17, 15) is 9.59 Å². The van der Waals surface area contributed by atoms with Crippen LogP contribution in [0.25, 0.3) is 11.1 Å². The molecule has 0 saturated heterocycles. The van der Waals surface area contributed by atoms with Crippen molar-refractivity contribution in [2.45, 2.75) is 38.3 Å². The molecule has 5 rings (SSSR count).